The van der Waals surface area contributed by atoms with E-state index in [2.05, 4.69) is 0 Å². The number of carbonyl (C=O) groups excluding carboxylic acids is 1. The molecule has 1 aromatic heterocycles. The van der Waals surface area contributed by atoms with Crippen molar-refractivity contribution >= 4 is 28.5 Å². The summed E-state index contributed by atoms with van der Waals surface area (Å²) in [4.78, 5) is 28.7. The molecule has 6 heteroatoms. The van der Waals surface area contributed by atoms with Gasteiger partial charge in [0.1, 0.15) is 11.4 Å². The minimum atomic E-state index is -0.637. The van der Waals surface area contributed by atoms with Gasteiger partial charge in [0, 0.05) is 11.6 Å². The summed E-state index contributed by atoms with van der Waals surface area (Å²) < 4.78 is 19.4. The van der Waals surface area contributed by atoms with Gasteiger partial charge in [-0.1, -0.05) is 35.9 Å². The van der Waals surface area contributed by atoms with Crippen LogP contribution in [-0.2, 0) is 6.54 Å². The van der Waals surface area contributed by atoms with Crippen LogP contribution in [0.3, 0.4) is 0 Å². The number of hydrogen-bond acceptors (Lipinski definition) is 3. The predicted octanol–water partition coefficient (Wildman–Crippen LogP) is 5.95. The monoisotopic (exact) mass is 447 g/mol. The van der Waals surface area contributed by atoms with Crippen molar-refractivity contribution in [3.63, 3.8) is 0 Å². The van der Waals surface area contributed by atoms with Gasteiger partial charge in [-0.15, -0.1) is 0 Å². The molecule has 2 heterocycles. The SMILES string of the molecule is Cc1cc2oc3c(c(=O)c2cc1C)[C@H](c1ccc(Cl)cc1)N(Cc1ccc(F)cc1)C3=O. The maximum Gasteiger partial charge on any atom is 0.291 e. The summed E-state index contributed by atoms with van der Waals surface area (Å²) in [7, 11) is 0. The van der Waals surface area contributed by atoms with Crippen molar-refractivity contribution in [1.82, 2.24) is 4.90 Å². The van der Waals surface area contributed by atoms with Gasteiger partial charge >= 0.3 is 0 Å². The number of amides is 1. The number of rotatable bonds is 3. The Kier molecular flexibility index (Phi) is 4.86. The van der Waals surface area contributed by atoms with Crippen LogP contribution in [0.1, 0.15) is 44.4 Å². The van der Waals surface area contributed by atoms with E-state index in [1.807, 2.05) is 19.9 Å². The van der Waals surface area contributed by atoms with E-state index in [0.29, 0.717) is 21.6 Å². The lowest BCUT2D eigenvalue weighted by atomic mass is 9.97. The number of nitrogens with zero attached hydrogens (tertiary/aromatic N) is 1. The van der Waals surface area contributed by atoms with Gasteiger partial charge in [-0.05, 0) is 72.5 Å². The summed E-state index contributed by atoms with van der Waals surface area (Å²) in [6.07, 6.45) is 0. The van der Waals surface area contributed by atoms with Gasteiger partial charge in [0.2, 0.25) is 5.76 Å². The van der Waals surface area contributed by atoms with Crippen molar-refractivity contribution in [3.8, 4) is 0 Å². The Bertz CT molecular complexity index is 1430. The van der Waals surface area contributed by atoms with E-state index in [-0.39, 0.29) is 29.5 Å². The number of carbonyl (C=O) groups is 1. The Morgan fingerprint density at radius 1 is 0.969 bits per heavy atom. The van der Waals surface area contributed by atoms with Crippen LogP contribution in [0.4, 0.5) is 4.39 Å². The number of benzene rings is 3. The summed E-state index contributed by atoms with van der Waals surface area (Å²) in [6.45, 7) is 4.07. The zero-order valence-electron chi connectivity index (χ0n) is 17.5. The van der Waals surface area contributed by atoms with Crippen LogP contribution in [0.2, 0.25) is 5.02 Å². The minimum Gasteiger partial charge on any atom is -0.450 e. The third kappa shape index (κ3) is 3.30. The van der Waals surface area contributed by atoms with E-state index >= 15 is 0 Å². The van der Waals surface area contributed by atoms with Gasteiger partial charge in [-0.2, -0.15) is 0 Å². The highest BCUT2D eigenvalue weighted by molar-refractivity contribution is 6.30. The van der Waals surface area contributed by atoms with Crippen molar-refractivity contribution in [2.45, 2.75) is 26.4 Å². The first-order valence-corrected chi connectivity index (χ1v) is 10.6. The lowest BCUT2D eigenvalue weighted by molar-refractivity contribution is 0.0714. The first-order valence-electron chi connectivity index (χ1n) is 10.2. The predicted molar refractivity (Wildman–Crippen MR) is 122 cm³/mol. The molecular formula is C26H19ClFNO3. The van der Waals surface area contributed by atoms with Crippen LogP contribution in [0.25, 0.3) is 11.0 Å². The average Bonchev–Trinajstić information content (AvgIpc) is 3.04. The molecule has 0 radical (unpaired) electrons. The molecule has 1 atom stereocenters. The van der Waals surface area contributed by atoms with Gasteiger partial charge in [0.15, 0.2) is 5.43 Å². The normalized spacial score (nSPS) is 15.4. The minimum absolute atomic E-state index is 0.0489. The van der Waals surface area contributed by atoms with Crippen molar-refractivity contribution in [3.05, 3.63) is 115 Å². The summed E-state index contributed by atoms with van der Waals surface area (Å²) in [5.74, 6) is -0.679. The van der Waals surface area contributed by atoms with Gasteiger partial charge in [-0.25, -0.2) is 4.39 Å². The second kappa shape index (κ2) is 7.61. The molecule has 0 saturated carbocycles. The molecule has 4 nitrogen and oxygen atoms in total. The molecule has 4 aromatic rings. The molecule has 0 spiro atoms. The van der Waals surface area contributed by atoms with Crippen LogP contribution >= 0.6 is 11.6 Å². The van der Waals surface area contributed by atoms with Gasteiger partial charge in [0.25, 0.3) is 5.91 Å². The Labute approximate surface area is 188 Å². The summed E-state index contributed by atoms with van der Waals surface area (Å²) in [5.41, 5.74) is 3.93. The Hall–Kier alpha value is -3.44. The quantitative estimate of drug-likeness (QED) is 0.390. The van der Waals surface area contributed by atoms with Crippen LogP contribution in [0.5, 0.6) is 0 Å². The highest BCUT2D eigenvalue weighted by Gasteiger charge is 2.42. The molecule has 1 aliphatic heterocycles. The lowest BCUT2D eigenvalue weighted by Crippen LogP contribution is -2.29. The molecule has 0 fully saturated rings. The van der Waals surface area contributed by atoms with E-state index in [0.717, 1.165) is 22.3 Å². The van der Waals surface area contributed by atoms with Crippen molar-refractivity contribution < 1.29 is 13.6 Å². The van der Waals surface area contributed by atoms with E-state index in [1.165, 1.54) is 12.1 Å². The number of fused-ring (bicyclic) bond motifs is 2. The molecule has 1 aliphatic rings. The molecule has 0 aliphatic carbocycles. The standard InChI is InChI=1S/C26H19ClFNO3/c1-14-11-20-21(12-15(14)2)32-25-22(24(20)30)23(17-5-7-18(27)8-6-17)29(26(25)31)13-16-3-9-19(28)10-4-16/h3-12,23H,13H2,1-2H3/t23-/m0/s1. The summed E-state index contributed by atoms with van der Waals surface area (Å²) in [6, 6.07) is 16.0. The maximum absolute atomic E-state index is 13.6. The summed E-state index contributed by atoms with van der Waals surface area (Å²) in [5, 5.41) is 1.00. The maximum atomic E-state index is 13.6. The van der Waals surface area contributed by atoms with Gasteiger partial charge < -0.3 is 9.32 Å². The van der Waals surface area contributed by atoms with Crippen molar-refractivity contribution in [1.29, 1.82) is 0 Å². The highest BCUT2D eigenvalue weighted by atomic mass is 35.5. The molecule has 0 unspecified atom stereocenters. The molecule has 5 rings (SSSR count). The molecular weight excluding hydrogens is 429 g/mol. The zero-order valence-corrected chi connectivity index (χ0v) is 18.2. The average molecular weight is 448 g/mol. The Morgan fingerprint density at radius 2 is 1.62 bits per heavy atom. The molecule has 0 bridgehead atoms. The van der Waals surface area contributed by atoms with Gasteiger partial charge in [0.05, 0.1) is 17.0 Å². The van der Waals surface area contributed by atoms with E-state index in [1.54, 1.807) is 47.4 Å². The third-order valence-corrected chi connectivity index (χ3v) is 6.29. The third-order valence-electron chi connectivity index (χ3n) is 6.03. The smallest absolute Gasteiger partial charge is 0.291 e. The first-order chi connectivity index (χ1) is 15.3. The van der Waals surface area contributed by atoms with Crippen LogP contribution in [-0.4, -0.2) is 10.8 Å². The molecule has 0 saturated heterocycles. The van der Waals surface area contributed by atoms with E-state index < -0.39 is 6.04 Å². The topological polar surface area (TPSA) is 50.5 Å². The fourth-order valence-electron chi connectivity index (χ4n) is 4.22. The number of aryl methyl sites for hydroxylation is 2. The molecule has 0 N–H and O–H groups in total. The Balaban J connectivity index is 1.73. The lowest BCUT2D eigenvalue weighted by Gasteiger charge is -2.25. The molecule has 32 heavy (non-hydrogen) atoms. The zero-order chi connectivity index (χ0) is 22.6. The van der Waals surface area contributed by atoms with Crippen LogP contribution < -0.4 is 5.43 Å². The first kappa shape index (κ1) is 20.5. The van der Waals surface area contributed by atoms with Gasteiger partial charge in [-0.3, -0.25) is 9.59 Å². The van der Waals surface area contributed by atoms with Crippen LogP contribution in [0.15, 0.2) is 69.9 Å². The second-order valence-electron chi connectivity index (χ2n) is 8.12. The fourth-order valence-corrected chi connectivity index (χ4v) is 4.34. The van der Waals surface area contributed by atoms with Crippen LogP contribution in [0, 0.1) is 19.7 Å². The Morgan fingerprint density at radius 3 is 2.31 bits per heavy atom. The highest BCUT2D eigenvalue weighted by Crippen LogP contribution is 2.39. The molecule has 160 valence electrons. The van der Waals surface area contributed by atoms with E-state index in [4.69, 9.17) is 16.0 Å². The largest absolute Gasteiger partial charge is 0.450 e. The number of hydrogen-bond donors (Lipinski definition) is 0. The number of halogens is 2. The second-order valence-corrected chi connectivity index (χ2v) is 8.56. The van der Waals surface area contributed by atoms with E-state index in [9.17, 15) is 14.0 Å². The molecule has 3 aromatic carbocycles. The summed E-state index contributed by atoms with van der Waals surface area (Å²) >= 11 is 6.07. The molecule has 1 amide bonds. The van der Waals surface area contributed by atoms with Crippen molar-refractivity contribution in [2.24, 2.45) is 0 Å². The van der Waals surface area contributed by atoms with Crippen molar-refractivity contribution in [2.75, 3.05) is 0 Å². The fraction of sp³-hybridized carbons (Fsp3) is 0.154.